The van der Waals surface area contributed by atoms with Crippen LogP contribution in [-0.4, -0.2) is 27.9 Å². The zero-order valence-electron chi connectivity index (χ0n) is 21.2. The summed E-state index contributed by atoms with van der Waals surface area (Å²) in [6.45, 7) is 1.90. The van der Waals surface area contributed by atoms with Crippen LogP contribution in [0, 0.1) is 6.92 Å². The first kappa shape index (κ1) is 26.9. The fraction of sp³-hybridized carbons (Fsp3) is 0.115. The lowest BCUT2D eigenvalue weighted by molar-refractivity contribution is -0.137. The van der Waals surface area contributed by atoms with Crippen LogP contribution in [0.3, 0.4) is 0 Å². The first-order valence-electron chi connectivity index (χ1n) is 11.8. The maximum atomic E-state index is 12.9. The summed E-state index contributed by atoms with van der Waals surface area (Å²) >= 11 is 0. The number of nitrogens with zero attached hydrogens (tertiary/aromatic N) is 4. The minimum Gasteiger partial charge on any atom is -0.340 e. The SMILES string of the molecule is Cc1c(Nc2ccnc(Nc3ccc(S(N)(=O)=O)cc3)n2)ccc2c1nc(Nc1ccc(C(F)(F)F)cc1)n2C. The molecule has 0 amide bonds. The monoisotopic (exact) mass is 568 g/mol. The molecule has 0 saturated heterocycles. The van der Waals surface area contributed by atoms with E-state index in [0.717, 1.165) is 28.9 Å². The van der Waals surface area contributed by atoms with Crippen LogP contribution in [0.1, 0.15) is 11.1 Å². The third-order valence-electron chi connectivity index (χ3n) is 6.13. The second-order valence-corrected chi connectivity index (χ2v) is 10.4. The Morgan fingerprint density at radius 3 is 2.15 bits per heavy atom. The lowest BCUT2D eigenvalue weighted by Crippen LogP contribution is -2.11. The molecular weight excluding hydrogens is 545 g/mol. The van der Waals surface area contributed by atoms with Crippen LogP contribution in [0.4, 0.5) is 47.9 Å². The van der Waals surface area contributed by atoms with Gasteiger partial charge in [-0.05, 0) is 73.7 Å². The number of sulfonamides is 1. The van der Waals surface area contributed by atoms with E-state index in [1.54, 1.807) is 24.4 Å². The number of aromatic nitrogens is 4. The topological polar surface area (TPSA) is 140 Å². The first-order chi connectivity index (χ1) is 18.9. The molecule has 5 aromatic rings. The number of aryl methyl sites for hydroxylation is 2. The van der Waals surface area contributed by atoms with Gasteiger partial charge in [-0.15, -0.1) is 0 Å². The summed E-state index contributed by atoms with van der Waals surface area (Å²) in [5, 5.41) is 14.5. The molecule has 0 saturated carbocycles. The van der Waals surface area contributed by atoms with Crippen LogP contribution in [0.15, 0.2) is 77.8 Å². The largest absolute Gasteiger partial charge is 0.416 e. The molecule has 5 N–H and O–H groups in total. The zero-order chi connectivity index (χ0) is 28.7. The minimum atomic E-state index is -4.40. The van der Waals surface area contributed by atoms with E-state index in [-0.39, 0.29) is 10.8 Å². The highest BCUT2D eigenvalue weighted by atomic mass is 32.2. The maximum absolute atomic E-state index is 12.9. The number of fused-ring (bicyclic) bond motifs is 1. The summed E-state index contributed by atoms with van der Waals surface area (Å²) in [6.07, 6.45) is -2.84. The number of rotatable bonds is 7. The lowest BCUT2D eigenvalue weighted by Gasteiger charge is -2.11. The van der Waals surface area contributed by atoms with Crippen molar-refractivity contribution in [2.24, 2.45) is 12.2 Å². The molecular formula is C26H23F3N8O2S. The third-order valence-corrected chi connectivity index (χ3v) is 7.06. The van der Waals surface area contributed by atoms with Crippen molar-refractivity contribution in [3.8, 4) is 0 Å². The van der Waals surface area contributed by atoms with Crippen molar-refractivity contribution < 1.29 is 21.6 Å². The summed E-state index contributed by atoms with van der Waals surface area (Å²) in [6, 6.07) is 16.1. The van der Waals surface area contributed by atoms with Gasteiger partial charge in [0, 0.05) is 35.9 Å². The summed E-state index contributed by atoms with van der Waals surface area (Å²) in [5.41, 5.74) is 3.42. The van der Waals surface area contributed by atoms with Gasteiger partial charge in [-0.3, -0.25) is 0 Å². The smallest absolute Gasteiger partial charge is 0.340 e. The summed E-state index contributed by atoms with van der Waals surface area (Å²) in [7, 11) is -1.98. The van der Waals surface area contributed by atoms with Crippen molar-refractivity contribution in [1.29, 1.82) is 0 Å². The van der Waals surface area contributed by atoms with Crippen LogP contribution in [-0.2, 0) is 23.2 Å². The Hall–Kier alpha value is -4.69. The number of hydrogen-bond donors (Lipinski definition) is 4. The van der Waals surface area contributed by atoms with Crippen molar-refractivity contribution in [3.05, 3.63) is 84.1 Å². The predicted octanol–water partition coefficient (Wildman–Crippen LogP) is 5.57. The van der Waals surface area contributed by atoms with E-state index in [4.69, 9.17) is 5.14 Å². The molecule has 40 heavy (non-hydrogen) atoms. The lowest BCUT2D eigenvalue weighted by atomic mass is 10.1. The number of nitrogens with two attached hydrogens (primary N) is 1. The quantitative estimate of drug-likeness (QED) is 0.200. The van der Waals surface area contributed by atoms with Gasteiger partial charge in [-0.2, -0.15) is 18.2 Å². The molecule has 2 aromatic heterocycles. The summed E-state index contributed by atoms with van der Waals surface area (Å²) in [4.78, 5) is 13.3. The molecule has 0 aliphatic carbocycles. The van der Waals surface area contributed by atoms with Gasteiger partial charge in [0.25, 0.3) is 0 Å². The van der Waals surface area contributed by atoms with Gasteiger partial charge >= 0.3 is 6.18 Å². The number of halogens is 3. The molecule has 0 unspecified atom stereocenters. The number of alkyl halides is 3. The van der Waals surface area contributed by atoms with E-state index in [2.05, 4.69) is 30.9 Å². The Labute approximate surface area is 227 Å². The van der Waals surface area contributed by atoms with Crippen molar-refractivity contribution in [1.82, 2.24) is 19.5 Å². The van der Waals surface area contributed by atoms with E-state index in [9.17, 15) is 21.6 Å². The summed E-state index contributed by atoms with van der Waals surface area (Å²) < 4.78 is 63.4. The fourth-order valence-electron chi connectivity index (χ4n) is 4.00. The van der Waals surface area contributed by atoms with Gasteiger partial charge in [-0.25, -0.2) is 23.5 Å². The van der Waals surface area contributed by atoms with Crippen LogP contribution >= 0.6 is 0 Å². The molecule has 0 bridgehead atoms. The molecule has 0 spiro atoms. The van der Waals surface area contributed by atoms with Crippen molar-refractivity contribution in [2.75, 3.05) is 16.0 Å². The van der Waals surface area contributed by atoms with E-state index >= 15 is 0 Å². The average Bonchev–Trinajstić information content (AvgIpc) is 3.21. The zero-order valence-corrected chi connectivity index (χ0v) is 22.0. The van der Waals surface area contributed by atoms with Crippen LogP contribution < -0.4 is 21.1 Å². The number of imidazole rings is 1. The average molecular weight is 569 g/mol. The Kier molecular flexibility index (Phi) is 6.81. The molecule has 0 aliphatic heterocycles. The highest BCUT2D eigenvalue weighted by Gasteiger charge is 2.30. The number of hydrogen-bond acceptors (Lipinski definition) is 8. The van der Waals surface area contributed by atoms with Gasteiger partial charge in [0.1, 0.15) is 5.82 Å². The highest BCUT2D eigenvalue weighted by Crippen LogP contribution is 2.32. The van der Waals surface area contributed by atoms with Gasteiger partial charge < -0.3 is 20.5 Å². The first-order valence-corrected chi connectivity index (χ1v) is 13.3. The molecule has 14 heteroatoms. The normalized spacial score (nSPS) is 11.9. The second-order valence-electron chi connectivity index (χ2n) is 8.89. The molecule has 10 nitrogen and oxygen atoms in total. The molecule has 0 fully saturated rings. The van der Waals surface area contributed by atoms with Crippen molar-refractivity contribution in [2.45, 2.75) is 18.0 Å². The number of anilines is 6. The van der Waals surface area contributed by atoms with Crippen LogP contribution in [0.25, 0.3) is 11.0 Å². The predicted molar refractivity (Wildman–Crippen MR) is 147 cm³/mol. The molecule has 5 rings (SSSR count). The van der Waals surface area contributed by atoms with Gasteiger partial charge in [0.15, 0.2) is 0 Å². The molecule has 0 atom stereocenters. The van der Waals surface area contributed by atoms with E-state index in [1.165, 1.54) is 24.3 Å². The Bertz CT molecular complexity index is 1800. The van der Waals surface area contributed by atoms with Crippen molar-refractivity contribution >= 4 is 55.8 Å². The number of nitrogens with one attached hydrogen (secondary N) is 3. The number of benzene rings is 3. The third kappa shape index (κ3) is 5.67. The van der Waals surface area contributed by atoms with E-state index in [1.807, 2.05) is 30.7 Å². The van der Waals surface area contributed by atoms with E-state index in [0.29, 0.717) is 28.7 Å². The molecule has 0 aliphatic rings. The summed E-state index contributed by atoms with van der Waals surface area (Å²) in [5.74, 6) is 1.25. The standard InChI is InChI=1S/C26H23F3N8O2S/c1-15-20(34-22-13-14-31-24(35-22)32-17-7-9-19(10-8-17)40(30,38)39)11-12-21-23(15)36-25(37(21)2)33-18-5-3-16(4-6-18)26(27,28)29/h3-14H,1-2H3,(H,33,36)(H2,30,38,39)(H2,31,32,34,35). The van der Waals surface area contributed by atoms with Crippen molar-refractivity contribution in [3.63, 3.8) is 0 Å². The second kappa shape index (κ2) is 10.1. The minimum absolute atomic E-state index is 0.00695. The fourth-order valence-corrected chi connectivity index (χ4v) is 4.51. The Morgan fingerprint density at radius 1 is 0.850 bits per heavy atom. The maximum Gasteiger partial charge on any atom is 0.416 e. The molecule has 0 radical (unpaired) electrons. The molecule has 3 aromatic carbocycles. The Morgan fingerprint density at radius 2 is 1.50 bits per heavy atom. The van der Waals surface area contributed by atoms with Gasteiger partial charge in [-0.1, -0.05) is 0 Å². The van der Waals surface area contributed by atoms with Crippen LogP contribution in [0.2, 0.25) is 0 Å². The number of primary sulfonamides is 1. The Balaban J connectivity index is 1.35. The highest BCUT2D eigenvalue weighted by molar-refractivity contribution is 7.89. The van der Waals surface area contributed by atoms with Gasteiger partial charge in [0.05, 0.1) is 21.5 Å². The van der Waals surface area contributed by atoms with Crippen LogP contribution in [0.5, 0.6) is 0 Å². The van der Waals surface area contributed by atoms with E-state index < -0.39 is 21.8 Å². The van der Waals surface area contributed by atoms with Gasteiger partial charge in [0.2, 0.25) is 21.9 Å². The molecule has 206 valence electrons. The molecule has 2 heterocycles.